The molecule has 0 radical (unpaired) electrons. The van der Waals surface area contributed by atoms with E-state index in [1.165, 1.54) is 11.3 Å². The van der Waals surface area contributed by atoms with Gasteiger partial charge in [0.25, 0.3) is 0 Å². The summed E-state index contributed by atoms with van der Waals surface area (Å²) in [5.41, 5.74) is 2.51. The summed E-state index contributed by atoms with van der Waals surface area (Å²) in [7, 11) is 0. The van der Waals surface area contributed by atoms with Gasteiger partial charge in [-0.05, 0) is 31.3 Å². The van der Waals surface area contributed by atoms with Gasteiger partial charge in [0.15, 0.2) is 0 Å². The lowest BCUT2D eigenvalue weighted by molar-refractivity contribution is -0.130. The molecule has 1 rings (SSSR count). The first-order valence-electron chi connectivity index (χ1n) is 6.58. The van der Waals surface area contributed by atoms with Crippen LogP contribution in [0, 0.1) is 11.8 Å². The van der Waals surface area contributed by atoms with Gasteiger partial charge in [0.05, 0.1) is 0 Å². The van der Waals surface area contributed by atoms with Crippen LogP contribution < -0.4 is 0 Å². The van der Waals surface area contributed by atoms with Crippen molar-refractivity contribution in [1.82, 2.24) is 4.90 Å². The van der Waals surface area contributed by atoms with Crippen LogP contribution >= 0.6 is 0 Å². The first-order chi connectivity index (χ1) is 7.86. The number of carbonyl (C=O) groups excluding carboxylic acids is 1. The van der Waals surface area contributed by atoms with Crippen LogP contribution in [0.4, 0.5) is 0 Å². The number of hydrogen-bond donors (Lipinski definition) is 0. The van der Waals surface area contributed by atoms with E-state index in [0.717, 1.165) is 0 Å². The van der Waals surface area contributed by atoms with Crippen LogP contribution in [0.1, 0.15) is 48.0 Å². The molecule has 0 N–H and O–H groups in total. The zero-order chi connectivity index (χ0) is 13.2. The minimum absolute atomic E-state index is 0.218. The van der Waals surface area contributed by atoms with Crippen molar-refractivity contribution in [2.75, 3.05) is 0 Å². The largest absolute Gasteiger partial charge is 0.313 e. The van der Waals surface area contributed by atoms with E-state index in [4.69, 9.17) is 0 Å². The number of hydrogen-bond acceptors (Lipinski definition) is 1. The third kappa shape index (κ3) is 2.99. The van der Waals surface area contributed by atoms with Gasteiger partial charge in [-0.1, -0.05) is 39.8 Å². The lowest BCUT2D eigenvalue weighted by Gasteiger charge is -2.33. The van der Waals surface area contributed by atoms with Gasteiger partial charge in [-0.3, -0.25) is 4.79 Å². The first kappa shape index (κ1) is 14.0. The van der Waals surface area contributed by atoms with E-state index in [1.54, 1.807) is 0 Å². The Morgan fingerprint density at radius 2 is 1.65 bits per heavy atom. The highest BCUT2D eigenvalue weighted by molar-refractivity contribution is 5.81. The van der Waals surface area contributed by atoms with Gasteiger partial charge in [0.2, 0.25) is 5.91 Å². The van der Waals surface area contributed by atoms with Gasteiger partial charge in [-0.2, -0.15) is 0 Å². The van der Waals surface area contributed by atoms with E-state index in [-0.39, 0.29) is 11.9 Å². The molecule has 96 valence electrons. The molecule has 0 aromatic heterocycles. The van der Waals surface area contributed by atoms with Gasteiger partial charge in [0, 0.05) is 18.2 Å². The summed E-state index contributed by atoms with van der Waals surface area (Å²) in [5.74, 6) is 1.05. The summed E-state index contributed by atoms with van der Waals surface area (Å²) in [6, 6.07) is 0.230. The monoisotopic (exact) mass is 235 g/mol. The minimum atomic E-state index is 0.218. The topological polar surface area (TPSA) is 20.3 Å². The van der Waals surface area contributed by atoms with Crippen molar-refractivity contribution < 1.29 is 4.79 Å². The Labute approximate surface area is 105 Å². The van der Waals surface area contributed by atoms with E-state index in [2.05, 4.69) is 47.6 Å². The Morgan fingerprint density at radius 3 is 2.06 bits per heavy atom. The van der Waals surface area contributed by atoms with E-state index in [9.17, 15) is 4.79 Å². The Morgan fingerprint density at radius 1 is 1.06 bits per heavy atom. The highest BCUT2D eigenvalue weighted by Gasteiger charge is 2.27. The van der Waals surface area contributed by atoms with Crippen LogP contribution in [-0.4, -0.2) is 16.8 Å². The fraction of sp³-hybridized carbons (Fsp3) is 0.667. The highest BCUT2D eigenvalue weighted by Crippen LogP contribution is 2.30. The molecule has 0 saturated carbocycles. The van der Waals surface area contributed by atoms with Crippen molar-refractivity contribution in [3.05, 3.63) is 23.4 Å². The summed E-state index contributed by atoms with van der Waals surface area (Å²) in [6.07, 6.45) is 4.66. The smallest absolute Gasteiger partial charge is 0.230 e. The van der Waals surface area contributed by atoms with Crippen molar-refractivity contribution in [3.8, 4) is 0 Å². The number of carbonyl (C=O) groups is 1. The average Bonchev–Trinajstić information content (AvgIpc) is 2.36. The molecule has 0 aliphatic carbocycles. The highest BCUT2D eigenvalue weighted by atomic mass is 16.2. The molecule has 17 heavy (non-hydrogen) atoms. The summed E-state index contributed by atoms with van der Waals surface area (Å²) < 4.78 is 0. The fourth-order valence-electron chi connectivity index (χ4n) is 2.41. The molecule has 2 heteroatoms. The second-order valence-corrected chi connectivity index (χ2v) is 5.61. The molecule has 0 aromatic carbocycles. The van der Waals surface area contributed by atoms with Crippen molar-refractivity contribution in [3.63, 3.8) is 0 Å². The number of amides is 1. The van der Waals surface area contributed by atoms with E-state index in [0.29, 0.717) is 18.3 Å². The third-order valence-corrected chi connectivity index (χ3v) is 3.10. The number of rotatable bonds is 3. The molecule has 0 unspecified atom stereocenters. The molecule has 0 spiro atoms. The predicted molar refractivity (Wildman–Crippen MR) is 72.4 cm³/mol. The molecular formula is C15H25NO. The van der Waals surface area contributed by atoms with Crippen molar-refractivity contribution in [1.29, 1.82) is 0 Å². The Kier molecular flexibility index (Phi) is 4.55. The lowest BCUT2D eigenvalue weighted by Crippen LogP contribution is -2.38. The quantitative estimate of drug-likeness (QED) is 0.729. The van der Waals surface area contributed by atoms with Crippen LogP contribution in [0.2, 0.25) is 0 Å². The Hall–Kier alpha value is -1.05. The molecule has 0 aromatic rings. The maximum absolute atomic E-state index is 12.2. The van der Waals surface area contributed by atoms with E-state index in [1.807, 2.05) is 11.0 Å². The molecule has 0 fully saturated rings. The maximum atomic E-state index is 12.2. The molecule has 0 atom stereocenters. The van der Waals surface area contributed by atoms with Crippen molar-refractivity contribution >= 4 is 5.91 Å². The third-order valence-electron chi connectivity index (χ3n) is 3.10. The summed E-state index contributed by atoms with van der Waals surface area (Å²) in [5, 5.41) is 0. The van der Waals surface area contributed by atoms with Gasteiger partial charge in [0.1, 0.15) is 0 Å². The molecule has 1 amide bonds. The second-order valence-electron chi connectivity index (χ2n) is 5.61. The molecular weight excluding hydrogens is 210 g/mol. The van der Waals surface area contributed by atoms with Crippen LogP contribution in [0.5, 0.6) is 0 Å². The number of nitrogens with zero attached hydrogens (tertiary/aromatic N) is 1. The van der Waals surface area contributed by atoms with Crippen molar-refractivity contribution in [2.24, 2.45) is 11.8 Å². The Bertz CT molecular complexity index is 348. The van der Waals surface area contributed by atoms with Gasteiger partial charge >= 0.3 is 0 Å². The van der Waals surface area contributed by atoms with Crippen LogP contribution in [0.3, 0.4) is 0 Å². The number of allylic oxidation sites excluding steroid dienone is 3. The minimum Gasteiger partial charge on any atom is -0.313 e. The predicted octanol–water partition coefficient (Wildman–Crippen LogP) is 3.75. The average molecular weight is 235 g/mol. The second kappa shape index (κ2) is 5.52. The summed E-state index contributed by atoms with van der Waals surface area (Å²) >= 11 is 0. The zero-order valence-corrected chi connectivity index (χ0v) is 11.9. The van der Waals surface area contributed by atoms with Gasteiger partial charge in [-0.15, -0.1) is 0 Å². The van der Waals surface area contributed by atoms with Crippen LogP contribution in [-0.2, 0) is 4.79 Å². The maximum Gasteiger partial charge on any atom is 0.230 e. The standard InChI is InChI=1S/C15H25NO/c1-10(2)13-8-7-9-14(17)16(12(5)6)15(13)11(3)4/h7-8,10-12H,9H2,1-6H3. The normalized spacial score (nSPS) is 17.7. The summed E-state index contributed by atoms with van der Waals surface area (Å²) in [6.45, 7) is 12.9. The fourth-order valence-corrected chi connectivity index (χ4v) is 2.41. The van der Waals surface area contributed by atoms with E-state index < -0.39 is 0 Å². The molecule has 0 bridgehead atoms. The molecule has 1 heterocycles. The Balaban J connectivity index is 3.34. The molecule has 2 nitrogen and oxygen atoms in total. The van der Waals surface area contributed by atoms with Crippen LogP contribution in [0.15, 0.2) is 23.4 Å². The molecule has 1 aliphatic rings. The van der Waals surface area contributed by atoms with Crippen LogP contribution in [0.25, 0.3) is 0 Å². The van der Waals surface area contributed by atoms with Gasteiger partial charge < -0.3 is 4.90 Å². The molecule has 1 aliphatic heterocycles. The SMILES string of the molecule is CC(C)C1=C(C(C)C)N(C(C)C)C(=O)CC=C1. The summed E-state index contributed by atoms with van der Waals surface area (Å²) in [4.78, 5) is 14.2. The zero-order valence-electron chi connectivity index (χ0n) is 11.9. The van der Waals surface area contributed by atoms with Crippen molar-refractivity contribution in [2.45, 2.75) is 54.0 Å². The molecule has 0 saturated heterocycles. The van der Waals surface area contributed by atoms with E-state index >= 15 is 0 Å². The first-order valence-corrected chi connectivity index (χ1v) is 6.58. The van der Waals surface area contributed by atoms with Gasteiger partial charge in [-0.25, -0.2) is 0 Å². The lowest BCUT2D eigenvalue weighted by atomic mass is 9.94.